The molecular formula is C27H39ClN4O4S. The van der Waals surface area contributed by atoms with Gasteiger partial charge >= 0.3 is 10.2 Å². The summed E-state index contributed by atoms with van der Waals surface area (Å²) in [5.41, 5.74) is 2.78. The first-order valence-corrected chi connectivity index (χ1v) is 14.1. The predicted molar refractivity (Wildman–Crippen MR) is 150 cm³/mol. The van der Waals surface area contributed by atoms with Crippen LogP contribution < -0.4 is 9.62 Å². The highest BCUT2D eigenvalue weighted by Gasteiger charge is 2.34. The summed E-state index contributed by atoms with van der Waals surface area (Å²) in [6, 6.07) is 11.7. The van der Waals surface area contributed by atoms with E-state index in [0.717, 1.165) is 25.3 Å². The number of carbonyl (C=O) groups is 2. The number of nitrogens with zero attached hydrogens (tertiary/aromatic N) is 3. The van der Waals surface area contributed by atoms with Gasteiger partial charge in [-0.25, -0.2) is 4.31 Å². The van der Waals surface area contributed by atoms with E-state index in [-0.39, 0.29) is 18.4 Å². The van der Waals surface area contributed by atoms with Crippen LogP contribution >= 0.6 is 11.6 Å². The van der Waals surface area contributed by atoms with Gasteiger partial charge in [-0.1, -0.05) is 56.6 Å². The molecule has 0 spiro atoms. The first-order chi connectivity index (χ1) is 17.3. The van der Waals surface area contributed by atoms with E-state index < -0.39 is 28.7 Å². The lowest BCUT2D eigenvalue weighted by Gasteiger charge is -2.34. The molecule has 8 nitrogen and oxygen atoms in total. The zero-order chi connectivity index (χ0) is 27.9. The van der Waals surface area contributed by atoms with Crippen LogP contribution in [-0.4, -0.2) is 62.7 Å². The second kappa shape index (κ2) is 13.3. The molecule has 1 N–H and O–H groups in total. The van der Waals surface area contributed by atoms with Gasteiger partial charge < -0.3 is 10.2 Å². The molecule has 0 saturated heterocycles. The van der Waals surface area contributed by atoms with Crippen molar-refractivity contribution in [1.82, 2.24) is 14.5 Å². The number of rotatable bonds is 12. The molecule has 2 aromatic carbocycles. The Balaban J connectivity index is 2.53. The summed E-state index contributed by atoms with van der Waals surface area (Å²) in [5, 5.41) is 3.48. The van der Waals surface area contributed by atoms with E-state index in [1.54, 1.807) is 37.3 Å². The van der Waals surface area contributed by atoms with Crippen LogP contribution in [0.5, 0.6) is 0 Å². The standard InChI is InChI=1S/C27H39ClN4O4S/c1-8-24(27(34)29-16-19(2)3)31(17-22-11-13-23(28)14-12-22)26(33)18-32(37(35,36)30(6)7)25-15-20(4)9-10-21(25)5/h9-15,19,24H,8,16-18H2,1-7H3,(H,29,34)/t24-/m1/s1. The second-order valence-corrected chi connectivity index (χ2v) is 12.3. The molecule has 0 aromatic heterocycles. The fourth-order valence-electron chi connectivity index (χ4n) is 3.82. The van der Waals surface area contributed by atoms with Crippen LogP contribution in [-0.2, 0) is 26.3 Å². The number of aryl methyl sites for hydroxylation is 2. The largest absolute Gasteiger partial charge is 0.354 e. The Morgan fingerprint density at radius 1 is 1.03 bits per heavy atom. The van der Waals surface area contributed by atoms with Gasteiger partial charge in [0, 0.05) is 32.2 Å². The molecule has 0 bridgehead atoms. The minimum atomic E-state index is -4.01. The Bertz CT molecular complexity index is 1180. The summed E-state index contributed by atoms with van der Waals surface area (Å²) in [6.07, 6.45) is 0.368. The third kappa shape index (κ3) is 8.18. The lowest BCUT2D eigenvalue weighted by Crippen LogP contribution is -2.53. The molecule has 2 rings (SSSR count). The summed E-state index contributed by atoms with van der Waals surface area (Å²) in [6.45, 7) is 9.64. The van der Waals surface area contributed by atoms with Crippen molar-refractivity contribution in [2.75, 3.05) is 31.5 Å². The van der Waals surface area contributed by atoms with Crippen molar-refractivity contribution in [2.24, 2.45) is 5.92 Å². The topological polar surface area (TPSA) is 90.0 Å². The molecule has 1 atom stereocenters. The average Bonchev–Trinajstić information content (AvgIpc) is 2.83. The molecule has 0 unspecified atom stereocenters. The highest BCUT2D eigenvalue weighted by molar-refractivity contribution is 7.90. The van der Waals surface area contributed by atoms with Gasteiger partial charge in [0.05, 0.1) is 5.69 Å². The van der Waals surface area contributed by atoms with Gasteiger partial charge in [-0.2, -0.15) is 12.7 Å². The molecule has 0 aliphatic carbocycles. The molecule has 204 valence electrons. The fourth-order valence-corrected chi connectivity index (χ4v) is 5.06. The molecule has 0 saturated carbocycles. The van der Waals surface area contributed by atoms with Crippen molar-refractivity contribution in [3.63, 3.8) is 0 Å². The number of hydrogen-bond acceptors (Lipinski definition) is 4. The first-order valence-electron chi connectivity index (χ1n) is 12.4. The van der Waals surface area contributed by atoms with E-state index in [0.29, 0.717) is 23.7 Å². The predicted octanol–water partition coefficient (Wildman–Crippen LogP) is 4.15. The van der Waals surface area contributed by atoms with Gasteiger partial charge in [-0.3, -0.25) is 9.59 Å². The van der Waals surface area contributed by atoms with Crippen LogP contribution in [0.15, 0.2) is 42.5 Å². The number of anilines is 1. The number of nitrogens with one attached hydrogen (secondary N) is 1. The van der Waals surface area contributed by atoms with E-state index in [1.165, 1.54) is 19.0 Å². The minimum Gasteiger partial charge on any atom is -0.354 e. The summed E-state index contributed by atoms with van der Waals surface area (Å²) in [7, 11) is -1.15. The van der Waals surface area contributed by atoms with E-state index in [2.05, 4.69) is 5.32 Å². The number of benzene rings is 2. The van der Waals surface area contributed by atoms with Crippen LogP contribution in [0.3, 0.4) is 0 Å². The lowest BCUT2D eigenvalue weighted by atomic mass is 10.1. The monoisotopic (exact) mass is 550 g/mol. The van der Waals surface area contributed by atoms with Crippen molar-refractivity contribution in [3.8, 4) is 0 Å². The van der Waals surface area contributed by atoms with Crippen molar-refractivity contribution in [3.05, 3.63) is 64.2 Å². The Labute approximate surface area is 226 Å². The summed E-state index contributed by atoms with van der Waals surface area (Å²) in [4.78, 5) is 28.5. The smallest absolute Gasteiger partial charge is 0.304 e. The maximum absolute atomic E-state index is 13.9. The first kappa shape index (κ1) is 30.6. The Morgan fingerprint density at radius 3 is 2.19 bits per heavy atom. The number of carbonyl (C=O) groups excluding carboxylic acids is 2. The molecule has 0 aliphatic heterocycles. The molecule has 37 heavy (non-hydrogen) atoms. The fraction of sp³-hybridized carbons (Fsp3) is 0.481. The third-order valence-electron chi connectivity index (χ3n) is 5.99. The quantitative estimate of drug-likeness (QED) is 0.430. The molecule has 2 aromatic rings. The van der Waals surface area contributed by atoms with Crippen LogP contribution in [0.25, 0.3) is 0 Å². The lowest BCUT2D eigenvalue weighted by molar-refractivity contribution is -0.140. The number of hydrogen-bond donors (Lipinski definition) is 1. The molecular weight excluding hydrogens is 512 g/mol. The van der Waals surface area contributed by atoms with Crippen LogP contribution in [0, 0.1) is 19.8 Å². The maximum atomic E-state index is 13.9. The zero-order valence-corrected chi connectivity index (χ0v) is 24.4. The van der Waals surface area contributed by atoms with Crippen LogP contribution in [0.2, 0.25) is 5.02 Å². The van der Waals surface area contributed by atoms with Gasteiger partial charge in [0.25, 0.3) is 0 Å². The molecule has 0 radical (unpaired) electrons. The second-order valence-electron chi connectivity index (χ2n) is 9.80. The molecule has 0 heterocycles. The normalized spacial score (nSPS) is 12.5. The van der Waals surface area contributed by atoms with E-state index in [4.69, 9.17) is 11.6 Å². The highest BCUT2D eigenvalue weighted by atomic mass is 35.5. The van der Waals surface area contributed by atoms with Gasteiger partial charge in [0.2, 0.25) is 11.8 Å². The highest BCUT2D eigenvalue weighted by Crippen LogP contribution is 2.26. The average molecular weight is 551 g/mol. The minimum absolute atomic E-state index is 0.131. The van der Waals surface area contributed by atoms with Crippen LogP contribution in [0.4, 0.5) is 5.69 Å². The molecule has 2 amide bonds. The van der Waals surface area contributed by atoms with Gasteiger partial charge in [-0.15, -0.1) is 0 Å². The van der Waals surface area contributed by atoms with Gasteiger partial charge in [-0.05, 0) is 61.1 Å². The maximum Gasteiger partial charge on any atom is 0.304 e. The molecule has 10 heteroatoms. The van der Waals surface area contributed by atoms with Crippen molar-refractivity contribution >= 4 is 39.3 Å². The number of amides is 2. The summed E-state index contributed by atoms with van der Waals surface area (Å²) in [5.74, 6) is -0.507. The third-order valence-corrected chi connectivity index (χ3v) is 8.05. The van der Waals surface area contributed by atoms with Crippen molar-refractivity contribution < 1.29 is 18.0 Å². The van der Waals surface area contributed by atoms with Gasteiger partial charge in [0.1, 0.15) is 12.6 Å². The summed E-state index contributed by atoms with van der Waals surface area (Å²) < 4.78 is 29.0. The van der Waals surface area contributed by atoms with E-state index in [9.17, 15) is 18.0 Å². The Kier molecular flexibility index (Phi) is 11.0. The molecule has 0 aliphatic rings. The van der Waals surface area contributed by atoms with Gasteiger partial charge in [0.15, 0.2) is 0 Å². The molecule has 0 fully saturated rings. The van der Waals surface area contributed by atoms with E-state index in [1.807, 2.05) is 39.8 Å². The van der Waals surface area contributed by atoms with Crippen molar-refractivity contribution in [1.29, 1.82) is 0 Å². The Hall–Kier alpha value is -2.62. The summed E-state index contributed by atoms with van der Waals surface area (Å²) >= 11 is 6.04. The zero-order valence-electron chi connectivity index (χ0n) is 22.8. The Morgan fingerprint density at radius 2 is 1.65 bits per heavy atom. The SMILES string of the molecule is CC[C@H](C(=O)NCC(C)C)N(Cc1ccc(Cl)cc1)C(=O)CN(c1cc(C)ccc1C)S(=O)(=O)N(C)C. The number of halogens is 1. The van der Waals surface area contributed by atoms with Crippen molar-refractivity contribution in [2.45, 2.75) is 53.6 Å². The van der Waals surface area contributed by atoms with Crippen LogP contribution in [0.1, 0.15) is 43.9 Å². The van der Waals surface area contributed by atoms with E-state index >= 15 is 0 Å².